The van der Waals surface area contributed by atoms with Crippen LogP contribution in [0.15, 0.2) is 54.7 Å². The van der Waals surface area contributed by atoms with Crippen LogP contribution in [0.4, 0.5) is 5.69 Å². The summed E-state index contributed by atoms with van der Waals surface area (Å²) in [6.07, 6.45) is 4.23. The predicted molar refractivity (Wildman–Crippen MR) is 97.9 cm³/mol. The van der Waals surface area contributed by atoms with Crippen molar-refractivity contribution in [2.24, 2.45) is 0 Å². The molecular weight excluding hydrogens is 348 g/mol. The molecule has 0 saturated carbocycles. The van der Waals surface area contributed by atoms with E-state index in [4.69, 9.17) is 5.11 Å². The summed E-state index contributed by atoms with van der Waals surface area (Å²) in [6, 6.07) is 12.6. The zero-order valence-corrected chi connectivity index (χ0v) is 13.9. The van der Waals surface area contributed by atoms with Gasteiger partial charge in [-0.2, -0.15) is 0 Å². The van der Waals surface area contributed by atoms with Gasteiger partial charge in [0, 0.05) is 27.5 Å². The number of pyridine rings is 1. The number of aliphatic carboxylic acids is 1. The largest absolute Gasteiger partial charge is 0.478 e. The molecule has 0 spiro atoms. The number of carbonyl (C=O) groups excluding carboxylic acids is 1. The van der Waals surface area contributed by atoms with Crippen LogP contribution in [-0.2, 0) is 4.79 Å². The van der Waals surface area contributed by atoms with Crippen LogP contribution < -0.4 is 5.32 Å². The minimum Gasteiger partial charge on any atom is -0.478 e. The smallest absolute Gasteiger partial charge is 0.328 e. The third-order valence-corrected chi connectivity index (χ3v) is 4.16. The van der Waals surface area contributed by atoms with E-state index in [9.17, 15) is 9.59 Å². The van der Waals surface area contributed by atoms with Gasteiger partial charge in [-0.3, -0.25) is 9.78 Å². The Morgan fingerprint density at radius 1 is 1.17 bits per heavy atom. The number of carbonyl (C=O) groups is 2. The third-order valence-electron chi connectivity index (χ3n) is 3.08. The van der Waals surface area contributed by atoms with Crippen LogP contribution in [0.25, 0.3) is 16.2 Å². The summed E-state index contributed by atoms with van der Waals surface area (Å²) in [6.45, 7) is 0. The molecular formula is C17H13ClN2O3S. The third kappa shape index (κ3) is 4.18. The van der Waals surface area contributed by atoms with E-state index in [0.717, 1.165) is 21.0 Å². The topological polar surface area (TPSA) is 79.3 Å². The fourth-order valence-corrected chi connectivity index (χ4v) is 3.02. The maximum Gasteiger partial charge on any atom is 0.328 e. The van der Waals surface area contributed by atoms with Crippen LogP contribution in [0.3, 0.4) is 0 Å². The molecule has 0 aliphatic rings. The van der Waals surface area contributed by atoms with Gasteiger partial charge in [-0.25, -0.2) is 4.79 Å². The first-order valence-corrected chi connectivity index (χ1v) is 7.60. The molecule has 0 aliphatic heterocycles. The first kappa shape index (κ1) is 17.7. The highest BCUT2D eigenvalue weighted by molar-refractivity contribution is 7.19. The van der Waals surface area contributed by atoms with Crippen molar-refractivity contribution in [1.29, 1.82) is 0 Å². The highest BCUT2D eigenvalue weighted by Crippen LogP contribution is 2.29. The second-order valence-electron chi connectivity index (χ2n) is 4.74. The molecule has 0 radical (unpaired) electrons. The molecule has 1 amide bonds. The SMILES string of the molecule is Cl.O=C(O)/C=C/c1cc2cc(NC(=O)c3ccccn3)ccc2s1. The van der Waals surface area contributed by atoms with Crippen molar-refractivity contribution in [2.75, 3.05) is 5.32 Å². The number of hydrogen-bond donors (Lipinski definition) is 2. The van der Waals surface area contributed by atoms with E-state index in [1.54, 1.807) is 30.5 Å². The molecule has 0 aliphatic carbocycles. The summed E-state index contributed by atoms with van der Waals surface area (Å²) in [5, 5.41) is 12.4. The van der Waals surface area contributed by atoms with Crippen molar-refractivity contribution in [3.05, 3.63) is 65.3 Å². The van der Waals surface area contributed by atoms with Gasteiger partial charge in [0.1, 0.15) is 5.69 Å². The van der Waals surface area contributed by atoms with Gasteiger partial charge in [0.05, 0.1) is 0 Å². The summed E-state index contributed by atoms with van der Waals surface area (Å²) >= 11 is 1.49. The fraction of sp³-hybridized carbons (Fsp3) is 0. The Hall–Kier alpha value is -2.70. The number of anilines is 1. The van der Waals surface area contributed by atoms with E-state index in [-0.39, 0.29) is 18.3 Å². The molecule has 0 atom stereocenters. The molecule has 0 unspecified atom stereocenters. The Balaban J connectivity index is 0.00000208. The zero-order chi connectivity index (χ0) is 16.2. The van der Waals surface area contributed by atoms with Crippen LogP contribution in [0.5, 0.6) is 0 Å². The Kier molecular flexibility index (Phi) is 5.68. The lowest BCUT2D eigenvalue weighted by Gasteiger charge is -2.04. The van der Waals surface area contributed by atoms with Crippen molar-refractivity contribution < 1.29 is 14.7 Å². The van der Waals surface area contributed by atoms with Crippen LogP contribution in [0.1, 0.15) is 15.4 Å². The zero-order valence-electron chi connectivity index (χ0n) is 12.3. The number of thiophene rings is 1. The summed E-state index contributed by atoms with van der Waals surface area (Å²) in [5.74, 6) is -1.25. The Morgan fingerprint density at radius 3 is 2.71 bits per heavy atom. The van der Waals surface area contributed by atoms with Gasteiger partial charge >= 0.3 is 5.97 Å². The molecule has 5 nitrogen and oxygen atoms in total. The van der Waals surface area contributed by atoms with Crippen molar-refractivity contribution >= 4 is 57.5 Å². The molecule has 3 aromatic rings. The van der Waals surface area contributed by atoms with Gasteiger partial charge in [-0.05, 0) is 47.9 Å². The molecule has 2 N–H and O–H groups in total. The van der Waals surface area contributed by atoms with E-state index in [1.165, 1.54) is 11.3 Å². The van der Waals surface area contributed by atoms with Crippen molar-refractivity contribution in [3.63, 3.8) is 0 Å². The number of aromatic nitrogens is 1. The van der Waals surface area contributed by atoms with Crippen molar-refractivity contribution in [3.8, 4) is 0 Å². The van der Waals surface area contributed by atoms with E-state index in [2.05, 4.69) is 10.3 Å². The molecule has 0 fully saturated rings. The summed E-state index contributed by atoms with van der Waals surface area (Å²) < 4.78 is 1.02. The van der Waals surface area contributed by atoms with Gasteiger partial charge in [0.25, 0.3) is 5.91 Å². The Bertz CT molecular complexity index is 907. The average Bonchev–Trinajstić information content (AvgIpc) is 2.96. The molecule has 7 heteroatoms. The number of hydrogen-bond acceptors (Lipinski definition) is 4. The lowest BCUT2D eigenvalue weighted by Crippen LogP contribution is -2.13. The molecule has 0 bridgehead atoms. The highest BCUT2D eigenvalue weighted by atomic mass is 35.5. The van der Waals surface area contributed by atoms with Gasteiger partial charge < -0.3 is 10.4 Å². The molecule has 1 aromatic carbocycles. The van der Waals surface area contributed by atoms with Crippen LogP contribution in [-0.4, -0.2) is 22.0 Å². The molecule has 24 heavy (non-hydrogen) atoms. The van der Waals surface area contributed by atoms with Gasteiger partial charge in [-0.15, -0.1) is 23.7 Å². The number of carboxylic acid groups (broad SMARTS) is 1. The fourth-order valence-electron chi connectivity index (χ4n) is 2.07. The molecule has 0 saturated heterocycles. The lowest BCUT2D eigenvalue weighted by molar-refractivity contribution is -0.131. The first-order valence-electron chi connectivity index (χ1n) is 6.79. The number of nitrogens with one attached hydrogen (secondary N) is 1. The maximum atomic E-state index is 12.1. The predicted octanol–water partition coefficient (Wildman–Crippen LogP) is 4.07. The minimum absolute atomic E-state index is 0. The minimum atomic E-state index is -0.981. The average molecular weight is 361 g/mol. The van der Waals surface area contributed by atoms with Crippen LogP contribution in [0, 0.1) is 0 Å². The van der Waals surface area contributed by atoms with Crippen molar-refractivity contribution in [1.82, 2.24) is 4.98 Å². The van der Waals surface area contributed by atoms with Gasteiger partial charge in [0.2, 0.25) is 0 Å². The molecule has 3 rings (SSSR count). The van der Waals surface area contributed by atoms with Gasteiger partial charge in [0.15, 0.2) is 0 Å². The number of rotatable bonds is 4. The Morgan fingerprint density at radius 2 is 2.00 bits per heavy atom. The van der Waals surface area contributed by atoms with E-state index < -0.39 is 5.97 Å². The van der Waals surface area contributed by atoms with E-state index in [1.807, 2.05) is 24.3 Å². The van der Waals surface area contributed by atoms with Crippen LogP contribution >= 0.6 is 23.7 Å². The van der Waals surface area contributed by atoms with Crippen molar-refractivity contribution in [2.45, 2.75) is 0 Å². The molecule has 2 aromatic heterocycles. The van der Waals surface area contributed by atoms with Gasteiger partial charge in [-0.1, -0.05) is 6.07 Å². The maximum absolute atomic E-state index is 12.1. The number of fused-ring (bicyclic) bond motifs is 1. The summed E-state index contributed by atoms with van der Waals surface area (Å²) in [5.41, 5.74) is 1.02. The molecule has 122 valence electrons. The number of carboxylic acids is 1. The lowest BCUT2D eigenvalue weighted by atomic mass is 10.2. The number of nitrogens with zero attached hydrogens (tertiary/aromatic N) is 1. The quantitative estimate of drug-likeness (QED) is 0.687. The number of benzene rings is 1. The summed E-state index contributed by atoms with van der Waals surface area (Å²) in [4.78, 5) is 27.5. The number of halogens is 1. The number of amides is 1. The normalized spacial score (nSPS) is 10.5. The molecule has 2 heterocycles. The second-order valence-corrected chi connectivity index (χ2v) is 5.86. The van der Waals surface area contributed by atoms with E-state index in [0.29, 0.717) is 11.4 Å². The monoisotopic (exact) mass is 360 g/mol. The standard InChI is InChI=1S/C17H12N2O3S.ClH/c20-16(21)7-5-13-10-11-9-12(4-6-15(11)23-13)19-17(22)14-3-1-2-8-18-14;/h1-10H,(H,19,22)(H,20,21);1H/b7-5+;. The Labute approximate surface area is 148 Å². The first-order chi connectivity index (χ1) is 11.1. The second kappa shape index (κ2) is 7.72. The summed E-state index contributed by atoms with van der Waals surface area (Å²) in [7, 11) is 0. The van der Waals surface area contributed by atoms with Crippen LogP contribution in [0.2, 0.25) is 0 Å². The van der Waals surface area contributed by atoms with E-state index >= 15 is 0 Å². The highest BCUT2D eigenvalue weighted by Gasteiger charge is 2.08.